The largest absolute Gasteiger partial charge is 0.260 e. The topological polar surface area (TPSA) is 24.7 Å². The van der Waals surface area contributed by atoms with Crippen molar-refractivity contribution in [1.29, 1.82) is 0 Å². The second-order valence-electron chi connectivity index (χ2n) is 7.17. The number of nitrogens with zero attached hydrogens (tertiary/aromatic N) is 2. The van der Waals surface area contributed by atoms with Gasteiger partial charge in [-0.15, -0.1) is 0 Å². The average molecular weight is 388 g/mol. The highest BCUT2D eigenvalue weighted by Gasteiger charge is 2.13. The summed E-state index contributed by atoms with van der Waals surface area (Å²) in [7, 11) is 0. The molecule has 0 fully saturated rings. The van der Waals surface area contributed by atoms with Gasteiger partial charge in [0.25, 0.3) is 0 Å². The van der Waals surface area contributed by atoms with Crippen molar-refractivity contribution in [2.45, 2.75) is 25.7 Å². The van der Waals surface area contributed by atoms with E-state index in [4.69, 9.17) is 0 Å². The van der Waals surface area contributed by atoms with Gasteiger partial charge < -0.3 is 0 Å². The SMILES string of the molecule is Fc1cc(-c2cccc(C3=NCC=N3)c2)cc(F)c1CCCCc1ccccc1. The monoisotopic (exact) mass is 388 g/mol. The van der Waals surface area contributed by atoms with Crippen LogP contribution in [0.25, 0.3) is 11.1 Å². The molecular formula is C25H22F2N2. The van der Waals surface area contributed by atoms with Gasteiger partial charge in [0, 0.05) is 17.3 Å². The van der Waals surface area contributed by atoms with Crippen LogP contribution in [0.2, 0.25) is 0 Å². The highest BCUT2D eigenvalue weighted by atomic mass is 19.1. The van der Waals surface area contributed by atoms with Crippen LogP contribution in [0.15, 0.2) is 76.7 Å². The van der Waals surface area contributed by atoms with Crippen molar-refractivity contribution in [3.05, 3.63) is 95.1 Å². The lowest BCUT2D eigenvalue weighted by atomic mass is 9.98. The molecule has 0 unspecified atom stereocenters. The molecule has 0 spiro atoms. The number of aliphatic imine (C=N–C) groups is 2. The number of unbranched alkanes of at least 4 members (excludes halogenated alkanes) is 1. The number of hydrogen-bond acceptors (Lipinski definition) is 2. The molecule has 0 N–H and O–H groups in total. The average Bonchev–Trinajstić information content (AvgIpc) is 3.28. The lowest BCUT2D eigenvalue weighted by molar-refractivity contribution is 0.547. The molecule has 4 heteroatoms. The predicted octanol–water partition coefficient (Wildman–Crippen LogP) is 6.03. The van der Waals surface area contributed by atoms with E-state index in [0.29, 0.717) is 24.4 Å². The summed E-state index contributed by atoms with van der Waals surface area (Å²) in [6.45, 7) is 0.571. The molecule has 1 heterocycles. The highest BCUT2D eigenvalue weighted by Crippen LogP contribution is 2.27. The Hall–Kier alpha value is -3.14. The predicted molar refractivity (Wildman–Crippen MR) is 115 cm³/mol. The lowest BCUT2D eigenvalue weighted by Crippen LogP contribution is -1.99. The van der Waals surface area contributed by atoms with Gasteiger partial charge in [-0.2, -0.15) is 0 Å². The molecule has 3 aromatic rings. The van der Waals surface area contributed by atoms with E-state index < -0.39 is 11.6 Å². The summed E-state index contributed by atoms with van der Waals surface area (Å²) in [6.07, 6.45) is 4.70. The molecule has 3 aromatic carbocycles. The van der Waals surface area contributed by atoms with Gasteiger partial charge in [-0.1, -0.05) is 48.5 Å². The highest BCUT2D eigenvalue weighted by molar-refractivity contribution is 6.06. The number of rotatable bonds is 7. The van der Waals surface area contributed by atoms with E-state index in [1.807, 2.05) is 42.5 Å². The first-order chi connectivity index (χ1) is 14.2. The fourth-order valence-corrected chi connectivity index (χ4v) is 3.58. The Labute approximate surface area is 169 Å². The van der Waals surface area contributed by atoms with Gasteiger partial charge in [-0.25, -0.2) is 13.8 Å². The minimum absolute atomic E-state index is 0.169. The van der Waals surface area contributed by atoms with Crippen molar-refractivity contribution in [2.75, 3.05) is 6.54 Å². The number of aryl methyl sites for hydroxylation is 1. The first-order valence-electron chi connectivity index (χ1n) is 9.90. The summed E-state index contributed by atoms with van der Waals surface area (Å²) < 4.78 is 29.3. The minimum Gasteiger partial charge on any atom is -0.260 e. The van der Waals surface area contributed by atoms with Crippen molar-refractivity contribution in [3.8, 4) is 11.1 Å². The zero-order chi connectivity index (χ0) is 20.1. The first kappa shape index (κ1) is 19.2. The second-order valence-corrected chi connectivity index (χ2v) is 7.17. The van der Waals surface area contributed by atoms with E-state index in [-0.39, 0.29) is 5.56 Å². The van der Waals surface area contributed by atoms with Gasteiger partial charge in [0.1, 0.15) is 11.6 Å². The third-order valence-electron chi connectivity index (χ3n) is 5.12. The van der Waals surface area contributed by atoms with Crippen LogP contribution in [0, 0.1) is 11.6 Å². The van der Waals surface area contributed by atoms with Gasteiger partial charge in [0.15, 0.2) is 5.84 Å². The van der Waals surface area contributed by atoms with Crippen LogP contribution >= 0.6 is 0 Å². The van der Waals surface area contributed by atoms with Gasteiger partial charge in [-0.3, -0.25) is 4.99 Å². The Morgan fingerprint density at radius 2 is 1.45 bits per heavy atom. The van der Waals surface area contributed by atoms with E-state index in [9.17, 15) is 8.78 Å². The smallest absolute Gasteiger partial charge is 0.154 e. The molecule has 0 saturated heterocycles. The van der Waals surface area contributed by atoms with Gasteiger partial charge in [0.05, 0.1) is 6.54 Å². The molecule has 1 aliphatic heterocycles. The Bertz CT molecular complexity index is 1030. The molecule has 0 aliphatic carbocycles. The van der Waals surface area contributed by atoms with Crippen molar-refractivity contribution in [3.63, 3.8) is 0 Å². The summed E-state index contributed by atoms with van der Waals surface area (Å²) in [5.74, 6) is -0.314. The molecule has 0 aromatic heterocycles. The first-order valence-corrected chi connectivity index (χ1v) is 9.90. The number of hydrogen-bond donors (Lipinski definition) is 0. The van der Waals surface area contributed by atoms with Crippen molar-refractivity contribution >= 4 is 12.1 Å². The summed E-state index contributed by atoms with van der Waals surface area (Å²) >= 11 is 0. The maximum Gasteiger partial charge on any atom is 0.154 e. The van der Waals surface area contributed by atoms with Crippen LogP contribution in [0.1, 0.15) is 29.5 Å². The quantitative estimate of drug-likeness (QED) is 0.442. The van der Waals surface area contributed by atoms with E-state index >= 15 is 0 Å². The molecule has 0 amide bonds. The summed E-state index contributed by atoms with van der Waals surface area (Å²) in [5.41, 5.74) is 3.54. The number of halogens is 2. The van der Waals surface area contributed by atoms with Crippen molar-refractivity contribution in [2.24, 2.45) is 9.98 Å². The molecule has 4 rings (SSSR count). The van der Waals surface area contributed by atoms with E-state index in [1.54, 1.807) is 6.21 Å². The molecule has 29 heavy (non-hydrogen) atoms. The standard InChI is InChI=1S/C25H22F2N2/c26-23-16-21(19-10-6-11-20(15-19)25-28-13-14-29-25)17-24(27)22(23)12-5-4-9-18-7-2-1-3-8-18/h1-3,6-8,10-11,13,15-17H,4-5,9,12,14H2. The van der Waals surface area contributed by atoms with E-state index in [1.165, 1.54) is 17.7 Å². The van der Waals surface area contributed by atoms with Crippen LogP contribution < -0.4 is 0 Å². The molecule has 0 saturated carbocycles. The van der Waals surface area contributed by atoms with Crippen LogP contribution in [0.3, 0.4) is 0 Å². The normalized spacial score (nSPS) is 13.0. The molecule has 146 valence electrons. The maximum absolute atomic E-state index is 14.7. The summed E-state index contributed by atoms with van der Waals surface area (Å²) in [5, 5.41) is 0. The summed E-state index contributed by atoms with van der Waals surface area (Å²) in [6, 6.07) is 20.5. The molecule has 0 bridgehead atoms. The maximum atomic E-state index is 14.7. The number of benzene rings is 3. The van der Waals surface area contributed by atoms with Crippen LogP contribution in [-0.4, -0.2) is 18.6 Å². The van der Waals surface area contributed by atoms with Crippen LogP contribution in [0.4, 0.5) is 8.78 Å². The minimum atomic E-state index is -0.485. The lowest BCUT2D eigenvalue weighted by Gasteiger charge is -2.10. The zero-order valence-electron chi connectivity index (χ0n) is 16.1. The Morgan fingerprint density at radius 3 is 2.17 bits per heavy atom. The fourth-order valence-electron chi connectivity index (χ4n) is 3.58. The Balaban J connectivity index is 1.46. The van der Waals surface area contributed by atoms with Crippen molar-refractivity contribution < 1.29 is 8.78 Å². The third-order valence-corrected chi connectivity index (χ3v) is 5.12. The Morgan fingerprint density at radius 1 is 0.724 bits per heavy atom. The number of amidine groups is 1. The van der Waals surface area contributed by atoms with Gasteiger partial charge in [-0.05, 0) is 60.6 Å². The van der Waals surface area contributed by atoms with E-state index in [2.05, 4.69) is 22.1 Å². The molecule has 1 aliphatic rings. The van der Waals surface area contributed by atoms with Crippen LogP contribution in [-0.2, 0) is 12.8 Å². The zero-order valence-corrected chi connectivity index (χ0v) is 16.1. The van der Waals surface area contributed by atoms with Gasteiger partial charge >= 0.3 is 0 Å². The fraction of sp³-hybridized carbons (Fsp3) is 0.200. The van der Waals surface area contributed by atoms with Gasteiger partial charge in [0.2, 0.25) is 0 Å². The van der Waals surface area contributed by atoms with Crippen molar-refractivity contribution in [1.82, 2.24) is 0 Å². The molecule has 0 radical (unpaired) electrons. The second kappa shape index (κ2) is 8.91. The van der Waals surface area contributed by atoms with E-state index in [0.717, 1.165) is 30.4 Å². The third kappa shape index (κ3) is 4.65. The van der Waals surface area contributed by atoms with Crippen LogP contribution in [0.5, 0.6) is 0 Å². The molecule has 2 nitrogen and oxygen atoms in total. The Kier molecular flexibility index (Phi) is 5.89. The molecule has 0 atom stereocenters. The molecular weight excluding hydrogens is 366 g/mol. The summed E-state index contributed by atoms with van der Waals surface area (Å²) in [4.78, 5) is 8.53.